The van der Waals surface area contributed by atoms with E-state index in [1.807, 2.05) is 75.1 Å². The number of carbonyl (C=O) groups is 1. The molecular formula is C20H21N5OS. The van der Waals surface area contributed by atoms with Gasteiger partial charge in [0.25, 0.3) is 5.91 Å². The molecule has 27 heavy (non-hydrogen) atoms. The molecule has 0 fully saturated rings. The molecule has 138 valence electrons. The van der Waals surface area contributed by atoms with Crippen LogP contribution in [0.4, 0.5) is 0 Å². The molecule has 4 aromatic rings. The van der Waals surface area contributed by atoms with E-state index in [0.717, 1.165) is 32.9 Å². The van der Waals surface area contributed by atoms with Crippen molar-refractivity contribution in [3.8, 4) is 5.69 Å². The zero-order valence-corrected chi connectivity index (χ0v) is 16.5. The summed E-state index contributed by atoms with van der Waals surface area (Å²) in [5, 5.41) is 13.1. The first-order chi connectivity index (χ1) is 12.9. The molecule has 6 nitrogen and oxygen atoms in total. The molecule has 1 amide bonds. The highest BCUT2D eigenvalue weighted by atomic mass is 32.1. The summed E-state index contributed by atoms with van der Waals surface area (Å²) in [6.45, 7) is 5.90. The number of nitrogens with one attached hydrogen (secondary N) is 1. The zero-order chi connectivity index (χ0) is 19.1. The predicted octanol–water partition coefficient (Wildman–Crippen LogP) is 3.93. The fourth-order valence-electron chi connectivity index (χ4n) is 3.29. The largest absolute Gasteiger partial charge is 0.345 e. The molecular weight excluding hydrogens is 358 g/mol. The van der Waals surface area contributed by atoms with Crippen LogP contribution < -0.4 is 5.32 Å². The van der Waals surface area contributed by atoms with Gasteiger partial charge in [-0.25, -0.2) is 4.68 Å². The molecule has 1 unspecified atom stereocenters. The number of rotatable bonds is 4. The molecule has 1 atom stereocenters. The van der Waals surface area contributed by atoms with Crippen molar-refractivity contribution in [3.63, 3.8) is 0 Å². The van der Waals surface area contributed by atoms with Gasteiger partial charge in [-0.05, 0) is 39.0 Å². The van der Waals surface area contributed by atoms with Gasteiger partial charge in [-0.3, -0.25) is 9.48 Å². The van der Waals surface area contributed by atoms with E-state index in [4.69, 9.17) is 0 Å². The van der Waals surface area contributed by atoms with E-state index >= 15 is 0 Å². The first-order valence-electron chi connectivity index (χ1n) is 8.79. The van der Waals surface area contributed by atoms with Gasteiger partial charge in [0.1, 0.15) is 4.83 Å². The monoisotopic (exact) mass is 379 g/mol. The summed E-state index contributed by atoms with van der Waals surface area (Å²) in [4.78, 5) is 14.5. The summed E-state index contributed by atoms with van der Waals surface area (Å²) in [6, 6.07) is 11.8. The highest BCUT2D eigenvalue weighted by Gasteiger charge is 2.20. The van der Waals surface area contributed by atoms with Crippen molar-refractivity contribution in [1.29, 1.82) is 0 Å². The smallest absolute Gasteiger partial charge is 0.261 e. The number of para-hydroxylation sites is 1. The molecule has 0 spiro atoms. The van der Waals surface area contributed by atoms with Crippen LogP contribution in [0.5, 0.6) is 0 Å². The van der Waals surface area contributed by atoms with Gasteiger partial charge in [0.15, 0.2) is 0 Å². The summed E-state index contributed by atoms with van der Waals surface area (Å²) in [5.41, 5.74) is 3.86. The van der Waals surface area contributed by atoms with Crippen molar-refractivity contribution < 1.29 is 4.79 Å². The summed E-state index contributed by atoms with van der Waals surface area (Å²) < 4.78 is 3.67. The molecule has 0 aliphatic carbocycles. The van der Waals surface area contributed by atoms with Crippen LogP contribution in [0.25, 0.3) is 15.9 Å². The van der Waals surface area contributed by atoms with Crippen LogP contribution in [-0.2, 0) is 7.05 Å². The third kappa shape index (κ3) is 3.14. The van der Waals surface area contributed by atoms with Gasteiger partial charge < -0.3 is 5.32 Å². The molecule has 1 aromatic carbocycles. The number of aryl methyl sites for hydroxylation is 3. The normalized spacial score (nSPS) is 12.4. The van der Waals surface area contributed by atoms with Gasteiger partial charge in [0, 0.05) is 24.2 Å². The number of nitrogens with zero attached hydrogens (tertiary/aromatic N) is 4. The topological polar surface area (TPSA) is 64.7 Å². The van der Waals surface area contributed by atoms with Gasteiger partial charge in [-0.2, -0.15) is 10.2 Å². The number of carbonyl (C=O) groups excluding carboxylic acids is 1. The molecule has 0 radical (unpaired) electrons. The molecule has 0 saturated heterocycles. The Balaban J connectivity index is 1.64. The molecule has 3 aromatic heterocycles. The van der Waals surface area contributed by atoms with E-state index in [9.17, 15) is 4.79 Å². The van der Waals surface area contributed by atoms with Crippen LogP contribution >= 0.6 is 11.3 Å². The third-order valence-electron chi connectivity index (χ3n) is 4.63. The molecule has 7 heteroatoms. The quantitative estimate of drug-likeness (QED) is 0.584. The van der Waals surface area contributed by atoms with Crippen molar-refractivity contribution >= 4 is 27.5 Å². The van der Waals surface area contributed by atoms with Crippen LogP contribution in [-0.4, -0.2) is 25.5 Å². The Bertz CT molecular complexity index is 1120. The summed E-state index contributed by atoms with van der Waals surface area (Å²) in [7, 11) is 1.88. The van der Waals surface area contributed by atoms with Crippen LogP contribution in [0.15, 0.2) is 42.6 Å². The minimum absolute atomic E-state index is 0.0778. The first kappa shape index (κ1) is 17.5. The highest BCUT2D eigenvalue weighted by molar-refractivity contribution is 7.20. The second-order valence-corrected chi connectivity index (χ2v) is 7.73. The van der Waals surface area contributed by atoms with Gasteiger partial charge in [-0.1, -0.05) is 18.2 Å². The Hall–Kier alpha value is -2.93. The van der Waals surface area contributed by atoms with Crippen molar-refractivity contribution in [2.75, 3.05) is 0 Å². The van der Waals surface area contributed by atoms with Gasteiger partial charge in [0.2, 0.25) is 0 Å². The Kier molecular flexibility index (Phi) is 4.31. The average molecular weight is 379 g/mol. The molecule has 1 N–H and O–H groups in total. The van der Waals surface area contributed by atoms with Crippen LogP contribution in [0.3, 0.4) is 0 Å². The number of benzene rings is 1. The number of hydrogen-bond acceptors (Lipinski definition) is 4. The van der Waals surface area contributed by atoms with E-state index in [2.05, 4.69) is 15.5 Å². The molecule has 0 aliphatic heterocycles. The minimum atomic E-state index is -0.108. The number of hydrogen-bond donors (Lipinski definition) is 1. The van der Waals surface area contributed by atoms with Crippen molar-refractivity contribution in [3.05, 3.63) is 64.4 Å². The van der Waals surface area contributed by atoms with Crippen molar-refractivity contribution in [2.24, 2.45) is 7.05 Å². The number of amides is 1. The van der Waals surface area contributed by atoms with E-state index in [-0.39, 0.29) is 11.9 Å². The molecule has 0 bridgehead atoms. The Morgan fingerprint density at radius 2 is 1.89 bits per heavy atom. The van der Waals surface area contributed by atoms with Crippen molar-refractivity contribution in [1.82, 2.24) is 24.9 Å². The summed E-state index contributed by atoms with van der Waals surface area (Å²) in [5.74, 6) is -0.0778. The van der Waals surface area contributed by atoms with E-state index in [0.29, 0.717) is 4.88 Å². The lowest BCUT2D eigenvalue weighted by Crippen LogP contribution is -2.26. The predicted molar refractivity (Wildman–Crippen MR) is 108 cm³/mol. The standard InChI is InChI=1S/C20H21N5OS/c1-12(17-11-24(4)22-14(17)3)21-19(26)18-10-16-13(2)23-25(20(16)27-18)15-8-6-5-7-9-15/h5-12H,1-4H3,(H,21,26). The molecule has 0 saturated carbocycles. The van der Waals surface area contributed by atoms with Gasteiger partial charge in [-0.15, -0.1) is 11.3 Å². The Morgan fingerprint density at radius 3 is 2.56 bits per heavy atom. The average Bonchev–Trinajstić information content (AvgIpc) is 3.30. The number of fused-ring (bicyclic) bond motifs is 1. The third-order valence-corrected chi connectivity index (χ3v) is 5.74. The fourth-order valence-corrected chi connectivity index (χ4v) is 4.38. The van der Waals surface area contributed by atoms with Gasteiger partial charge in [0.05, 0.1) is 28.0 Å². The zero-order valence-electron chi connectivity index (χ0n) is 15.7. The maximum Gasteiger partial charge on any atom is 0.261 e. The minimum Gasteiger partial charge on any atom is -0.345 e. The summed E-state index contributed by atoms with van der Waals surface area (Å²) in [6.07, 6.45) is 1.95. The van der Waals surface area contributed by atoms with Crippen molar-refractivity contribution in [2.45, 2.75) is 26.8 Å². The van der Waals surface area contributed by atoms with Crippen LogP contribution in [0.2, 0.25) is 0 Å². The highest BCUT2D eigenvalue weighted by Crippen LogP contribution is 2.30. The van der Waals surface area contributed by atoms with E-state index in [1.165, 1.54) is 11.3 Å². The second-order valence-electron chi connectivity index (χ2n) is 6.70. The lowest BCUT2D eigenvalue weighted by Gasteiger charge is -2.12. The Labute approximate surface area is 161 Å². The van der Waals surface area contributed by atoms with Crippen LogP contribution in [0, 0.1) is 13.8 Å². The van der Waals surface area contributed by atoms with Gasteiger partial charge >= 0.3 is 0 Å². The van der Waals surface area contributed by atoms with Crippen LogP contribution in [0.1, 0.15) is 39.6 Å². The maximum atomic E-state index is 12.8. The first-order valence-corrected chi connectivity index (χ1v) is 9.61. The van der Waals surface area contributed by atoms with E-state index in [1.54, 1.807) is 4.68 Å². The lowest BCUT2D eigenvalue weighted by atomic mass is 10.1. The summed E-state index contributed by atoms with van der Waals surface area (Å²) >= 11 is 1.46. The Morgan fingerprint density at radius 1 is 1.15 bits per heavy atom. The lowest BCUT2D eigenvalue weighted by molar-refractivity contribution is 0.0944. The fraction of sp³-hybridized carbons (Fsp3) is 0.250. The maximum absolute atomic E-state index is 12.8. The number of thiophene rings is 1. The SMILES string of the molecule is Cc1nn(C)cc1C(C)NC(=O)c1cc2c(C)nn(-c3ccccc3)c2s1. The molecule has 0 aliphatic rings. The number of aromatic nitrogens is 4. The second kappa shape index (κ2) is 6.66. The molecule has 3 heterocycles. The molecule has 4 rings (SSSR count). The van der Waals surface area contributed by atoms with E-state index < -0.39 is 0 Å².